The second-order valence-corrected chi connectivity index (χ2v) is 2.75. The second-order valence-electron chi connectivity index (χ2n) is 2.75. The van der Waals surface area contributed by atoms with Crippen molar-refractivity contribution in [1.29, 1.82) is 0 Å². The minimum Gasteiger partial charge on any atom is -0.329 e. The summed E-state index contributed by atoms with van der Waals surface area (Å²) < 4.78 is 0. The van der Waals surface area contributed by atoms with E-state index in [9.17, 15) is 4.79 Å². The third-order valence-corrected chi connectivity index (χ3v) is 1.70. The molecular weight excluding hydrogens is 164 g/mol. The van der Waals surface area contributed by atoms with Gasteiger partial charge >= 0.3 is 0 Å². The van der Waals surface area contributed by atoms with Gasteiger partial charge in [0.25, 0.3) is 0 Å². The van der Waals surface area contributed by atoms with E-state index < -0.39 is 0 Å². The van der Waals surface area contributed by atoms with E-state index >= 15 is 0 Å². The molecule has 0 saturated carbocycles. The molecule has 0 saturated heterocycles. The Morgan fingerprint density at radius 3 is 2.62 bits per heavy atom. The quantitative estimate of drug-likeness (QED) is 0.507. The zero-order chi connectivity index (χ0) is 9.52. The van der Waals surface area contributed by atoms with Crippen LogP contribution in [0.2, 0.25) is 0 Å². The Balaban J connectivity index is 2.40. The van der Waals surface area contributed by atoms with Crippen LogP contribution in [0.4, 0.5) is 0 Å². The molecule has 0 bridgehead atoms. The minimum atomic E-state index is 0.106. The van der Waals surface area contributed by atoms with Crippen LogP contribution in [0, 0.1) is 0 Å². The van der Waals surface area contributed by atoms with Gasteiger partial charge in [-0.05, 0) is 0 Å². The minimum absolute atomic E-state index is 0.106. The molecule has 0 spiro atoms. The first-order valence-electron chi connectivity index (χ1n) is 4.33. The van der Waals surface area contributed by atoms with Crippen molar-refractivity contribution >= 4 is 5.78 Å². The number of carbonyl (C=O) groups excluding carboxylic acids is 1. The van der Waals surface area contributed by atoms with Gasteiger partial charge in [0.05, 0.1) is 6.54 Å². The van der Waals surface area contributed by atoms with Crippen LogP contribution in [0.25, 0.3) is 0 Å². The molecule has 0 heterocycles. The molecule has 0 aromatic heterocycles. The van der Waals surface area contributed by atoms with Crippen LogP contribution in [0.3, 0.4) is 0 Å². The van der Waals surface area contributed by atoms with Crippen LogP contribution in [0.5, 0.6) is 0 Å². The summed E-state index contributed by atoms with van der Waals surface area (Å²) >= 11 is 0. The van der Waals surface area contributed by atoms with Crippen molar-refractivity contribution in [3.05, 3.63) is 35.9 Å². The fraction of sp³-hybridized carbons (Fsp3) is 0.300. The SMILES string of the molecule is NCCNCC(=O)c1ccccc1. The van der Waals surface area contributed by atoms with E-state index in [2.05, 4.69) is 5.32 Å². The molecule has 0 radical (unpaired) electrons. The fourth-order valence-corrected chi connectivity index (χ4v) is 1.03. The molecule has 13 heavy (non-hydrogen) atoms. The summed E-state index contributed by atoms with van der Waals surface area (Å²) in [5.41, 5.74) is 6.02. The summed E-state index contributed by atoms with van der Waals surface area (Å²) in [4.78, 5) is 11.4. The average molecular weight is 178 g/mol. The Morgan fingerprint density at radius 2 is 2.00 bits per heavy atom. The van der Waals surface area contributed by atoms with E-state index in [-0.39, 0.29) is 5.78 Å². The smallest absolute Gasteiger partial charge is 0.176 e. The van der Waals surface area contributed by atoms with E-state index in [0.717, 1.165) is 5.56 Å². The van der Waals surface area contributed by atoms with Crippen molar-refractivity contribution in [3.8, 4) is 0 Å². The summed E-state index contributed by atoms with van der Waals surface area (Å²) in [6.45, 7) is 1.60. The first kappa shape index (κ1) is 9.89. The van der Waals surface area contributed by atoms with E-state index in [4.69, 9.17) is 5.73 Å². The van der Waals surface area contributed by atoms with Gasteiger partial charge in [0, 0.05) is 18.7 Å². The zero-order valence-corrected chi connectivity index (χ0v) is 7.49. The second kappa shape index (κ2) is 5.45. The Kier molecular flexibility index (Phi) is 4.15. The van der Waals surface area contributed by atoms with Gasteiger partial charge < -0.3 is 11.1 Å². The van der Waals surface area contributed by atoms with Crippen molar-refractivity contribution in [1.82, 2.24) is 5.32 Å². The van der Waals surface area contributed by atoms with Crippen LogP contribution in [-0.4, -0.2) is 25.4 Å². The molecule has 0 aliphatic rings. The Hall–Kier alpha value is -1.19. The largest absolute Gasteiger partial charge is 0.329 e. The number of rotatable bonds is 5. The summed E-state index contributed by atoms with van der Waals surface area (Å²) in [7, 11) is 0. The highest BCUT2D eigenvalue weighted by Gasteiger charge is 2.02. The average Bonchev–Trinajstić information content (AvgIpc) is 2.19. The third kappa shape index (κ3) is 3.36. The fourth-order valence-electron chi connectivity index (χ4n) is 1.03. The van der Waals surface area contributed by atoms with E-state index in [1.54, 1.807) is 0 Å². The highest BCUT2D eigenvalue weighted by Crippen LogP contribution is 1.98. The van der Waals surface area contributed by atoms with Crippen molar-refractivity contribution in [2.45, 2.75) is 0 Å². The molecule has 0 atom stereocenters. The number of nitrogens with two attached hydrogens (primary N) is 1. The molecule has 0 fully saturated rings. The maximum Gasteiger partial charge on any atom is 0.176 e. The summed E-state index contributed by atoms with van der Waals surface area (Å²) in [5.74, 6) is 0.106. The number of benzene rings is 1. The highest BCUT2D eigenvalue weighted by molar-refractivity contribution is 5.97. The van der Waals surface area contributed by atoms with Gasteiger partial charge in [0.1, 0.15) is 0 Å². The van der Waals surface area contributed by atoms with Crippen molar-refractivity contribution in [2.24, 2.45) is 5.73 Å². The maximum absolute atomic E-state index is 11.4. The normalized spacial score (nSPS) is 9.92. The maximum atomic E-state index is 11.4. The van der Waals surface area contributed by atoms with Gasteiger partial charge in [-0.25, -0.2) is 0 Å². The van der Waals surface area contributed by atoms with Gasteiger partial charge in [-0.2, -0.15) is 0 Å². The van der Waals surface area contributed by atoms with Gasteiger partial charge in [-0.1, -0.05) is 30.3 Å². The molecule has 3 N–H and O–H groups in total. The molecule has 0 unspecified atom stereocenters. The number of hydrogen-bond donors (Lipinski definition) is 2. The lowest BCUT2D eigenvalue weighted by Crippen LogP contribution is -2.28. The molecule has 3 heteroatoms. The first-order chi connectivity index (χ1) is 6.34. The predicted octanol–water partition coefficient (Wildman–Crippen LogP) is 0.418. The standard InChI is InChI=1S/C10H14N2O/c11-6-7-12-8-10(13)9-4-2-1-3-5-9/h1-5,12H,6-8,11H2. The predicted molar refractivity (Wildman–Crippen MR) is 52.7 cm³/mol. The Bertz CT molecular complexity index is 259. The number of carbonyl (C=O) groups is 1. The van der Waals surface area contributed by atoms with E-state index in [1.807, 2.05) is 30.3 Å². The summed E-state index contributed by atoms with van der Waals surface area (Å²) in [6.07, 6.45) is 0. The lowest BCUT2D eigenvalue weighted by molar-refractivity contribution is 0.0991. The number of nitrogens with one attached hydrogen (secondary N) is 1. The van der Waals surface area contributed by atoms with Gasteiger partial charge in [0.2, 0.25) is 0 Å². The lowest BCUT2D eigenvalue weighted by atomic mass is 10.1. The molecular formula is C10H14N2O. The molecule has 1 aromatic carbocycles. The monoisotopic (exact) mass is 178 g/mol. The van der Waals surface area contributed by atoms with Crippen LogP contribution in [0.1, 0.15) is 10.4 Å². The van der Waals surface area contributed by atoms with E-state index in [0.29, 0.717) is 19.6 Å². The van der Waals surface area contributed by atoms with Crippen LogP contribution in [0.15, 0.2) is 30.3 Å². The molecule has 0 amide bonds. The zero-order valence-electron chi connectivity index (χ0n) is 7.49. The Labute approximate surface area is 77.9 Å². The number of Topliss-reactive ketones (excluding diaryl/α,β-unsaturated/α-hetero) is 1. The molecule has 0 aliphatic heterocycles. The van der Waals surface area contributed by atoms with Gasteiger partial charge in [-0.15, -0.1) is 0 Å². The number of ketones is 1. The number of hydrogen-bond acceptors (Lipinski definition) is 3. The van der Waals surface area contributed by atoms with Crippen LogP contribution >= 0.6 is 0 Å². The third-order valence-electron chi connectivity index (χ3n) is 1.70. The van der Waals surface area contributed by atoms with Gasteiger partial charge in [0.15, 0.2) is 5.78 Å². The molecule has 1 rings (SSSR count). The summed E-state index contributed by atoms with van der Waals surface area (Å²) in [6, 6.07) is 9.23. The molecule has 70 valence electrons. The van der Waals surface area contributed by atoms with Crippen molar-refractivity contribution < 1.29 is 4.79 Å². The molecule has 0 aliphatic carbocycles. The van der Waals surface area contributed by atoms with E-state index in [1.165, 1.54) is 0 Å². The van der Waals surface area contributed by atoms with Crippen LogP contribution in [-0.2, 0) is 0 Å². The summed E-state index contributed by atoms with van der Waals surface area (Å²) in [5, 5.41) is 2.96. The lowest BCUT2D eigenvalue weighted by Gasteiger charge is -2.01. The highest BCUT2D eigenvalue weighted by atomic mass is 16.1. The van der Waals surface area contributed by atoms with Crippen LogP contribution < -0.4 is 11.1 Å². The van der Waals surface area contributed by atoms with Crippen molar-refractivity contribution in [3.63, 3.8) is 0 Å². The molecule has 3 nitrogen and oxygen atoms in total. The Morgan fingerprint density at radius 1 is 1.31 bits per heavy atom. The van der Waals surface area contributed by atoms with Crippen molar-refractivity contribution in [2.75, 3.05) is 19.6 Å². The first-order valence-corrected chi connectivity index (χ1v) is 4.33. The topological polar surface area (TPSA) is 55.1 Å². The van der Waals surface area contributed by atoms with Gasteiger partial charge in [-0.3, -0.25) is 4.79 Å². The molecule has 1 aromatic rings.